The van der Waals surface area contributed by atoms with Crippen LogP contribution >= 0.6 is 11.6 Å². The lowest BCUT2D eigenvalue weighted by Gasteiger charge is -1.96. The maximum absolute atomic E-state index is 11.0. The number of hydrogen-bond acceptors (Lipinski definition) is 4. The fourth-order valence-corrected chi connectivity index (χ4v) is 1.99. The van der Waals surface area contributed by atoms with E-state index in [1.165, 1.54) is 0 Å². The fourth-order valence-electron chi connectivity index (χ4n) is 1.86. The van der Waals surface area contributed by atoms with Crippen molar-refractivity contribution in [3.63, 3.8) is 0 Å². The van der Waals surface area contributed by atoms with Gasteiger partial charge in [-0.2, -0.15) is 5.26 Å². The lowest BCUT2D eigenvalue weighted by atomic mass is 10.1. The van der Waals surface area contributed by atoms with E-state index >= 15 is 0 Å². The van der Waals surface area contributed by atoms with E-state index in [1.807, 2.05) is 0 Å². The molecule has 0 atom stereocenters. The molecule has 0 aliphatic carbocycles. The van der Waals surface area contributed by atoms with Crippen LogP contribution in [0.3, 0.4) is 0 Å². The molecule has 1 aromatic heterocycles. The molecule has 4 nitrogen and oxygen atoms in total. The Hall–Kier alpha value is -2.64. The third-order valence-electron chi connectivity index (χ3n) is 2.88. The van der Waals surface area contributed by atoms with Crippen LogP contribution in [0.25, 0.3) is 22.6 Å². The molecule has 0 saturated carbocycles. The van der Waals surface area contributed by atoms with E-state index in [1.54, 1.807) is 42.5 Å². The van der Waals surface area contributed by atoms with Gasteiger partial charge in [-0.1, -0.05) is 0 Å². The smallest absolute Gasteiger partial charge is 0.252 e. The normalized spacial score (nSPS) is 10.4. The molecule has 0 radical (unpaired) electrons. The maximum atomic E-state index is 11.0. The summed E-state index contributed by atoms with van der Waals surface area (Å²) in [6, 6.07) is 13.8. The molecule has 0 bridgehead atoms. The van der Waals surface area contributed by atoms with Gasteiger partial charge in [0.05, 0.1) is 11.6 Å². The van der Waals surface area contributed by atoms with Crippen molar-refractivity contribution in [3.05, 3.63) is 53.6 Å². The molecule has 3 rings (SSSR count). The second-order valence-electron chi connectivity index (χ2n) is 4.16. The third-order valence-corrected chi connectivity index (χ3v) is 3.09. The molecule has 0 unspecified atom stereocenters. The lowest BCUT2D eigenvalue weighted by Crippen LogP contribution is -1.87. The second-order valence-corrected chi connectivity index (χ2v) is 4.51. The number of hydrogen-bond donors (Lipinski definition) is 0. The summed E-state index contributed by atoms with van der Waals surface area (Å²) in [6.45, 7) is 0. The molecule has 2 aromatic carbocycles. The van der Waals surface area contributed by atoms with E-state index in [4.69, 9.17) is 21.3 Å². The van der Waals surface area contributed by atoms with Crippen molar-refractivity contribution in [2.75, 3.05) is 0 Å². The number of benzene rings is 2. The van der Waals surface area contributed by atoms with Crippen molar-refractivity contribution in [3.8, 4) is 17.5 Å². The highest BCUT2D eigenvalue weighted by Gasteiger charge is 2.09. The molecule has 0 amide bonds. The number of halogens is 1. The predicted molar refractivity (Wildman–Crippen MR) is 74.3 cm³/mol. The molecule has 0 fully saturated rings. The molecule has 0 saturated heterocycles. The molecular formula is C15H7ClN2O2. The Morgan fingerprint density at radius 3 is 2.60 bits per heavy atom. The van der Waals surface area contributed by atoms with Gasteiger partial charge in [0.1, 0.15) is 5.52 Å². The van der Waals surface area contributed by atoms with Crippen LogP contribution in [0, 0.1) is 11.3 Å². The summed E-state index contributed by atoms with van der Waals surface area (Å²) >= 11 is 5.39. The van der Waals surface area contributed by atoms with Crippen LogP contribution in [0.2, 0.25) is 0 Å². The molecule has 5 heteroatoms. The Labute approximate surface area is 119 Å². The first-order chi connectivity index (χ1) is 9.67. The minimum Gasteiger partial charge on any atom is -0.436 e. The highest BCUT2D eigenvalue weighted by atomic mass is 35.5. The monoisotopic (exact) mass is 282 g/mol. The Kier molecular flexibility index (Phi) is 2.97. The number of fused-ring (bicyclic) bond motifs is 1. The van der Waals surface area contributed by atoms with Crippen molar-refractivity contribution in [1.29, 1.82) is 5.26 Å². The van der Waals surface area contributed by atoms with E-state index in [9.17, 15) is 4.79 Å². The minimum absolute atomic E-state index is 0.415. The van der Waals surface area contributed by atoms with Crippen molar-refractivity contribution in [1.82, 2.24) is 4.98 Å². The number of aromatic nitrogens is 1. The topological polar surface area (TPSA) is 66.9 Å². The first kappa shape index (κ1) is 12.4. The van der Waals surface area contributed by atoms with Crippen LogP contribution < -0.4 is 0 Å². The average Bonchev–Trinajstić information content (AvgIpc) is 2.90. The van der Waals surface area contributed by atoms with Gasteiger partial charge in [-0.15, -0.1) is 0 Å². The van der Waals surface area contributed by atoms with Crippen molar-refractivity contribution >= 4 is 27.9 Å². The molecule has 96 valence electrons. The Balaban J connectivity index is 2.05. The van der Waals surface area contributed by atoms with Gasteiger partial charge in [-0.3, -0.25) is 4.79 Å². The molecule has 0 spiro atoms. The summed E-state index contributed by atoms with van der Waals surface area (Å²) in [5.41, 5.74) is 2.91. The van der Waals surface area contributed by atoms with Crippen LogP contribution in [0.5, 0.6) is 0 Å². The maximum Gasteiger partial charge on any atom is 0.252 e. The highest BCUT2D eigenvalue weighted by Crippen LogP contribution is 2.25. The number of nitrogens with zero attached hydrogens (tertiary/aromatic N) is 2. The van der Waals surface area contributed by atoms with Crippen LogP contribution in [0.4, 0.5) is 0 Å². The van der Waals surface area contributed by atoms with E-state index in [0.717, 1.165) is 5.56 Å². The predicted octanol–water partition coefficient (Wildman–Crippen LogP) is 3.75. The van der Waals surface area contributed by atoms with Gasteiger partial charge in [0, 0.05) is 11.1 Å². The number of rotatable bonds is 2. The minimum atomic E-state index is -0.507. The average molecular weight is 283 g/mol. The van der Waals surface area contributed by atoms with Gasteiger partial charge < -0.3 is 4.42 Å². The van der Waals surface area contributed by atoms with Crippen molar-refractivity contribution < 1.29 is 9.21 Å². The van der Waals surface area contributed by atoms with Gasteiger partial charge in [0.25, 0.3) is 5.24 Å². The number of carbonyl (C=O) groups excluding carboxylic acids is 1. The third kappa shape index (κ3) is 2.15. The van der Waals surface area contributed by atoms with Crippen LogP contribution in [-0.2, 0) is 0 Å². The quantitative estimate of drug-likeness (QED) is 0.671. The van der Waals surface area contributed by atoms with Gasteiger partial charge in [0.2, 0.25) is 5.89 Å². The van der Waals surface area contributed by atoms with Crippen molar-refractivity contribution in [2.24, 2.45) is 0 Å². The largest absolute Gasteiger partial charge is 0.436 e. The Bertz CT molecular complexity index is 844. The Morgan fingerprint density at radius 1 is 1.20 bits per heavy atom. The van der Waals surface area contributed by atoms with E-state index in [2.05, 4.69) is 11.1 Å². The van der Waals surface area contributed by atoms with Crippen LogP contribution in [-0.4, -0.2) is 10.2 Å². The van der Waals surface area contributed by atoms with Crippen LogP contribution in [0.15, 0.2) is 46.9 Å². The molecule has 0 N–H and O–H groups in total. The number of nitriles is 1. The van der Waals surface area contributed by atoms with E-state index in [0.29, 0.717) is 28.1 Å². The van der Waals surface area contributed by atoms with Crippen LogP contribution in [0.1, 0.15) is 15.9 Å². The molecule has 3 aromatic rings. The summed E-state index contributed by atoms with van der Waals surface area (Å²) in [4.78, 5) is 15.3. The van der Waals surface area contributed by atoms with Gasteiger partial charge in [-0.25, -0.2) is 4.98 Å². The summed E-state index contributed by atoms with van der Waals surface area (Å²) in [6.07, 6.45) is 0. The SMILES string of the molecule is N#Cc1ccc2oc(-c3ccc(C(=O)Cl)cc3)nc2c1. The summed E-state index contributed by atoms with van der Waals surface area (Å²) in [7, 11) is 0. The first-order valence-electron chi connectivity index (χ1n) is 5.78. The van der Waals surface area contributed by atoms with Gasteiger partial charge >= 0.3 is 0 Å². The van der Waals surface area contributed by atoms with E-state index < -0.39 is 5.24 Å². The molecule has 1 heterocycles. The van der Waals surface area contributed by atoms with Crippen molar-refractivity contribution in [2.45, 2.75) is 0 Å². The zero-order valence-corrected chi connectivity index (χ0v) is 10.9. The second kappa shape index (κ2) is 4.80. The zero-order valence-electron chi connectivity index (χ0n) is 10.1. The molecular weight excluding hydrogens is 276 g/mol. The summed E-state index contributed by atoms with van der Waals surface area (Å²) in [5, 5.41) is 8.34. The molecule has 20 heavy (non-hydrogen) atoms. The Morgan fingerprint density at radius 2 is 1.95 bits per heavy atom. The summed E-state index contributed by atoms with van der Waals surface area (Å²) < 4.78 is 5.62. The standard InChI is InChI=1S/C15H7ClN2O2/c16-14(19)10-2-4-11(5-3-10)15-18-12-7-9(8-17)1-6-13(12)20-15/h1-7H. The molecule has 0 aliphatic heterocycles. The first-order valence-corrected chi connectivity index (χ1v) is 6.16. The van der Waals surface area contributed by atoms with E-state index in [-0.39, 0.29) is 0 Å². The van der Waals surface area contributed by atoms with Gasteiger partial charge in [-0.05, 0) is 54.1 Å². The number of carbonyl (C=O) groups is 1. The zero-order chi connectivity index (χ0) is 14.1. The lowest BCUT2D eigenvalue weighted by molar-refractivity contribution is 0.108. The fraction of sp³-hybridized carbons (Fsp3) is 0. The van der Waals surface area contributed by atoms with Gasteiger partial charge in [0.15, 0.2) is 5.58 Å². The number of oxazole rings is 1. The molecule has 0 aliphatic rings. The highest BCUT2D eigenvalue weighted by molar-refractivity contribution is 6.67. The summed E-state index contributed by atoms with van der Waals surface area (Å²) in [5.74, 6) is 0.434.